The molecular weight excluding hydrogens is 244 g/mol. The number of amides is 1. The van der Waals surface area contributed by atoms with Crippen LogP contribution in [0.1, 0.15) is 31.6 Å². The van der Waals surface area contributed by atoms with Gasteiger partial charge in [0.2, 0.25) is 5.91 Å². The van der Waals surface area contributed by atoms with E-state index in [2.05, 4.69) is 23.2 Å². The lowest BCUT2D eigenvalue weighted by molar-refractivity contribution is -0.126. The van der Waals surface area contributed by atoms with Gasteiger partial charge in [-0.2, -0.15) is 0 Å². The summed E-state index contributed by atoms with van der Waals surface area (Å²) in [4.78, 5) is 15.6. The molecule has 100 valence electrons. The van der Waals surface area contributed by atoms with E-state index in [1.165, 1.54) is 17.7 Å². The van der Waals surface area contributed by atoms with Gasteiger partial charge >= 0.3 is 0 Å². The normalized spacial score (nSPS) is 19.7. The zero-order valence-corrected chi connectivity index (χ0v) is 12.0. The maximum Gasteiger partial charge on any atom is 0.237 e. The fraction of sp³-hybridized carbons (Fsp3) is 0.643. The zero-order chi connectivity index (χ0) is 13.0. The Morgan fingerprint density at radius 2 is 2.28 bits per heavy atom. The molecular formula is C14H22N2OS. The fourth-order valence-corrected chi connectivity index (χ4v) is 2.96. The molecule has 1 N–H and O–H groups in total. The van der Waals surface area contributed by atoms with Gasteiger partial charge in [-0.05, 0) is 50.2 Å². The molecule has 1 aliphatic heterocycles. The Morgan fingerprint density at radius 3 is 2.89 bits per heavy atom. The second-order valence-electron chi connectivity index (χ2n) is 5.19. The summed E-state index contributed by atoms with van der Waals surface area (Å²) in [7, 11) is 0. The summed E-state index contributed by atoms with van der Waals surface area (Å²) in [5.74, 6) is 0.959. The monoisotopic (exact) mass is 266 g/mol. The Labute approximate surface area is 113 Å². The quantitative estimate of drug-likeness (QED) is 0.908. The molecule has 3 nitrogen and oxygen atoms in total. The van der Waals surface area contributed by atoms with Gasteiger partial charge in [0.25, 0.3) is 0 Å². The van der Waals surface area contributed by atoms with Crippen LogP contribution in [0.2, 0.25) is 0 Å². The number of likely N-dealkylation sites (tertiary alicyclic amines) is 1. The van der Waals surface area contributed by atoms with Crippen molar-refractivity contribution >= 4 is 17.2 Å². The van der Waals surface area contributed by atoms with E-state index in [4.69, 9.17) is 0 Å². The summed E-state index contributed by atoms with van der Waals surface area (Å²) in [6.45, 7) is 7.06. The highest BCUT2D eigenvalue weighted by molar-refractivity contribution is 7.09. The molecule has 1 saturated heterocycles. The van der Waals surface area contributed by atoms with Crippen molar-refractivity contribution in [2.75, 3.05) is 13.1 Å². The summed E-state index contributed by atoms with van der Waals surface area (Å²) in [6.07, 6.45) is 2.42. The number of hydrogen-bond donors (Lipinski definition) is 1. The van der Waals surface area contributed by atoms with Crippen molar-refractivity contribution in [3.63, 3.8) is 0 Å². The summed E-state index contributed by atoms with van der Waals surface area (Å²) < 4.78 is 0. The van der Waals surface area contributed by atoms with Crippen molar-refractivity contribution in [2.24, 2.45) is 5.92 Å². The average molecular weight is 266 g/mol. The van der Waals surface area contributed by atoms with Gasteiger partial charge in [0, 0.05) is 4.88 Å². The van der Waals surface area contributed by atoms with Crippen LogP contribution in [0.4, 0.5) is 0 Å². The number of rotatable bonds is 4. The highest BCUT2D eigenvalue weighted by Crippen LogP contribution is 2.18. The van der Waals surface area contributed by atoms with Gasteiger partial charge < -0.3 is 5.32 Å². The van der Waals surface area contributed by atoms with Crippen molar-refractivity contribution in [1.29, 1.82) is 0 Å². The second-order valence-corrected chi connectivity index (χ2v) is 6.22. The zero-order valence-electron chi connectivity index (χ0n) is 11.2. The molecule has 0 bridgehead atoms. The van der Waals surface area contributed by atoms with Crippen LogP contribution in [0, 0.1) is 5.92 Å². The lowest BCUT2D eigenvalue weighted by Crippen LogP contribution is -2.47. The van der Waals surface area contributed by atoms with E-state index in [1.807, 2.05) is 18.4 Å². The van der Waals surface area contributed by atoms with Crippen LogP contribution >= 0.6 is 11.3 Å². The Balaban J connectivity index is 1.77. The molecule has 1 atom stereocenters. The van der Waals surface area contributed by atoms with Crippen LogP contribution in [-0.4, -0.2) is 29.9 Å². The molecule has 1 amide bonds. The van der Waals surface area contributed by atoms with Crippen LogP contribution in [0.3, 0.4) is 0 Å². The highest BCUT2D eigenvalue weighted by atomic mass is 32.1. The summed E-state index contributed by atoms with van der Waals surface area (Å²) in [6, 6.07) is 4.07. The predicted octanol–water partition coefficient (Wildman–Crippen LogP) is 2.48. The molecule has 1 aliphatic rings. The summed E-state index contributed by atoms with van der Waals surface area (Å²) in [5.41, 5.74) is 0. The first-order valence-electron chi connectivity index (χ1n) is 6.71. The third-order valence-electron chi connectivity index (χ3n) is 3.76. The van der Waals surface area contributed by atoms with Crippen molar-refractivity contribution < 1.29 is 4.79 Å². The molecule has 2 heterocycles. The van der Waals surface area contributed by atoms with Crippen LogP contribution in [-0.2, 0) is 11.3 Å². The minimum absolute atomic E-state index is 0.00235. The first-order chi connectivity index (χ1) is 8.66. The van der Waals surface area contributed by atoms with E-state index >= 15 is 0 Å². The van der Waals surface area contributed by atoms with Crippen LogP contribution < -0.4 is 5.32 Å². The fourth-order valence-electron chi connectivity index (χ4n) is 2.32. The highest BCUT2D eigenvalue weighted by Gasteiger charge is 2.24. The predicted molar refractivity (Wildman–Crippen MR) is 75.6 cm³/mol. The molecule has 18 heavy (non-hydrogen) atoms. The first-order valence-corrected chi connectivity index (χ1v) is 7.59. The Kier molecular flexibility index (Phi) is 4.78. The molecule has 0 aliphatic carbocycles. The molecule has 1 fully saturated rings. The van der Waals surface area contributed by atoms with E-state index in [0.717, 1.165) is 19.0 Å². The van der Waals surface area contributed by atoms with Gasteiger partial charge in [0.05, 0.1) is 12.6 Å². The Hall–Kier alpha value is -0.870. The molecule has 0 aromatic carbocycles. The standard InChI is InChI=1S/C14H22N2OS/c1-11-5-7-16(8-6-11)12(2)14(17)15-10-13-4-3-9-18-13/h3-4,9,11-12H,5-8,10H2,1-2H3,(H,15,17)/t12-/m1/s1. The number of carbonyl (C=O) groups excluding carboxylic acids is 1. The molecule has 0 spiro atoms. The molecule has 2 rings (SSSR count). The van der Waals surface area contributed by atoms with Gasteiger partial charge in [-0.3, -0.25) is 9.69 Å². The number of carbonyl (C=O) groups is 1. The smallest absolute Gasteiger partial charge is 0.237 e. The average Bonchev–Trinajstić information content (AvgIpc) is 2.89. The number of hydrogen-bond acceptors (Lipinski definition) is 3. The number of thiophene rings is 1. The van der Waals surface area contributed by atoms with Crippen LogP contribution in [0.25, 0.3) is 0 Å². The van der Waals surface area contributed by atoms with Crippen LogP contribution in [0.15, 0.2) is 17.5 Å². The van der Waals surface area contributed by atoms with E-state index in [9.17, 15) is 4.79 Å². The first kappa shape index (κ1) is 13.6. The van der Waals surface area contributed by atoms with E-state index < -0.39 is 0 Å². The van der Waals surface area contributed by atoms with Crippen molar-refractivity contribution in [2.45, 2.75) is 39.3 Å². The van der Waals surface area contributed by atoms with Crippen molar-refractivity contribution in [3.8, 4) is 0 Å². The van der Waals surface area contributed by atoms with Crippen LogP contribution in [0.5, 0.6) is 0 Å². The maximum absolute atomic E-state index is 12.1. The van der Waals surface area contributed by atoms with Crippen molar-refractivity contribution in [1.82, 2.24) is 10.2 Å². The van der Waals surface area contributed by atoms with E-state index in [-0.39, 0.29) is 11.9 Å². The second kappa shape index (κ2) is 6.34. The third-order valence-corrected chi connectivity index (χ3v) is 4.64. The van der Waals surface area contributed by atoms with Gasteiger partial charge in [-0.1, -0.05) is 13.0 Å². The SMILES string of the molecule is CC1CCN([C@H](C)C(=O)NCc2cccs2)CC1. The lowest BCUT2D eigenvalue weighted by Gasteiger charge is -2.34. The molecule has 4 heteroatoms. The largest absolute Gasteiger partial charge is 0.350 e. The van der Waals surface area contributed by atoms with Gasteiger partial charge in [-0.15, -0.1) is 11.3 Å². The number of nitrogens with zero attached hydrogens (tertiary/aromatic N) is 1. The molecule has 1 aromatic heterocycles. The Morgan fingerprint density at radius 1 is 1.56 bits per heavy atom. The van der Waals surface area contributed by atoms with Gasteiger partial charge in [0.15, 0.2) is 0 Å². The molecule has 0 saturated carbocycles. The minimum Gasteiger partial charge on any atom is -0.350 e. The van der Waals surface area contributed by atoms with Gasteiger partial charge in [-0.25, -0.2) is 0 Å². The maximum atomic E-state index is 12.1. The molecule has 1 aromatic rings. The lowest BCUT2D eigenvalue weighted by atomic mass is 9.98. The number of nitrogens with one attached hydrogen (secondary N) is 1. The topological polar surface area (TPSA) is 32.3 Å². The summed E-state index contributed by atoms with van der Waals surface area (Å²) >= 11 is 1.68. The molecule has 0 unspecified atom stereocenters. The van der Waals surface area contributed by atoms with E-state index in [1.54, 1.807) is 11.3 Å². The molecule has 0 radical (unpaired) electrons. The minimum atomic E-state index is -0.00235. The summed E-state index contributed by atoms with van der Waals surface area (Å²) in [5, 5.41) is 5.06. The van der Waals surface area contributed by atoms with Gasteiger partial charge in [0.1, 0.15) is 0 Å². The Bertz CT molecular complexity index is 369. The van der Waals surface area contributed by atoms with Crippen molar-refractivity contribution in [3.05, 3.63) is 22.4 Å². The van der Waals surface area contributed by atoms with E-state index in [0.29, 0.717) is 6.54 Å². The third kappa shape index (κ3) is 3.56. The number of piperidine rings is 1.